The Kier molecular flexibility index (Phi) is 6.40. The summed E-state index contributed by atoms with van der Waals surface area (Å²) >= 11 is 0. The summed E-state index contributed by atoms with van der Waals surface area (Å²) in [4.78, 5) is 6.61. The van der Waals surface area contributed by atoms with E-state index >= 15 is 0 Å². The molecular weight excluding hydrogens is 471 g/mol. The summed E-state index contributed by atoms with van der Waals surface area (Å²) in [5, 5.41) is 16.4. The van der Waals surface area contributed by atoms with Crippen LogP contribution in [0.25, 0.3) is 17.1 Å². The van der Waals surface area contributed by atoms with Gasteiger partial charge in [0.1, 0.15) is 6.61 Å². The van der Waals surface area contributed by atoms with Crippen LogP contribution in [0.1, 0.15) is 30.4 Å². The molecule has 2 aliphatic rings. The molecule has 6 rings (SSSR count). The van der Waals surface area contributed by atoms with Gasteiger partial charge in [-0.05, 0) is 74.5 Å². The van der Waals surface area contributed by atoms with Crippen LogP contribution < -0.4 is 15.8 Å². The van der Waals surface area contributed by atoms with Crippen LogP contribution >= 0.6 is 0 Å². The number of aryl methyl sites for hydroxylation is 2. The second-order valence-corrected chi connectivity index (χ2v) is 9.46. The lowest BCUT2D eigenvalue weighted by Crippen LogP contribution is -2.25. The monoisotopic (exact) mass is 500 g/mol. The summed E-state index contributed by atoms with van der Waals surface area (Å²) in [5.41, 5.74) is 11.0. The lowest BCUT2D eigenvalue weighted by molar-refractivity contribution is 0.231. The number of nitrogen functional groups attached to an aromatic ring is 1. The predicted molar refractivity (Wildman–Crippen MR) is 140 cm³/mol. The molecule has 3 heterocycles. The van der Waals surface area contributed by atoms with Gasteiger partial charge in [-0.15, -0.1) is 15.3 Å². The van der Waals surface area contributed by atoms with Crippen molar-refractivity contribution in [1.29, 1.82) is 0 Å². The van der Waals surface area contributed by atoms with E-state index in [1.54, 1.807) is 12.1 Å². The van der Waals surface area contributed by atoms with Gasteiger partial charge in [0.15, 0.2) is 17.4 Å². The van der Waals surface area contributed by atoms with E-state index in [1.807, 2.05) is 12.1 Å². The second-order valence-electron chi connectivity index (χ2n) is 9.46. The first-order valence-electron chi connectivity index (χ1n) is 12.7. The molecule has 3 N–H and O–H groups in total. The van der Waals surface area contributed by atoms with E-state index in [9.17, 15) is 4.39 Å². The minimum absolute atomic E-state index is 0.160. The molecule has 0 atom stereocenters. The fourth-order valence-electron chi connectivity index (χ4n) is 5.04. The normalized spacial score (nSPS) is 15.2. The van der Waals surface area contributed by atoms with Gasteiger partial charge in [-0.3, -0.25) is 4.90 Å². The number of anilines is 3. The van der Waals surface area contributed by atoms with Gasteiger partial charge in [0.2, 0.25) is 11.9 Å². The SMILES string of the molecule is Nc1nc(Nc2ccc(OCCN3CCCC3)c(F)c2)nn1-c1cc2c(nn1)-c1ccccc1CCC2. The van der Waals surface area contributed by atoms with Crippen molar-refractivity contribution in [2.45, 2.75) is 32.1 Å². The van der Waals surface area contributed by atoms with E-state index in [0.29, 0.717) is 18.1 Å². The minimum atomic E-state index is -0.448. The molecule has 0 spiro atoms. The van der Waals surface area contributed by atoms with Gasteiger partial charge >= 0.3 is 0 Å². The number of likely N-dealkylation sites (tertiary alicyclic amines) is 1. The number of nitrogens with two attached hydrogens (primary N) is 1. The van der Waals surface area contributed by atoms with Crippen LogP contribution in [0.15, 0.2) is 48.5 Å². The Bertz CT molecular complexity index is 1420. The van der Waals surface area contributed by atoms with Crippen molar-refractivity contribution in [2.75, 3.05) is 37.3 Å². The zero-order valence-corrected chi connectivity index (χ0v) is 20.5. The van der Waals surface area contributed by atoms with Crippen LogP contribution in [0.2, 0.25) is 0 Å². The molecule has 0 amide bonds. The number of nitrogens with zero attached hydrogens (tertiary/aromatic N) is 6. The Morgan fingerprint density at radius 3 is 2.68 bits per heavy atom. The number of halogens is 1. The van der Waals surface area contributed by atoms with Crippen LogP contribution in [-0.2, 0) is 12.8 Å². The first-order chi connectivity index (χ1) is 18.1. The lowest BCUT2D eigenvalue weighted by atomic mass is 10.0. The largest absolute Gasteiger partial charge is 0.489 e. The van der Waals surface area contributed by atoms with Gasteiger partial charge in [-0.25, -0.2) is 4.39 Å². The number of aromatic nitrogens is 5. The highest BCUT2D eigenvalue weighted by atomic mass is 19.1. The predicted octanol–water partition coefficient (Wildman–Crippen LogP) is 4.15. The van der Waals surface area contributed by atoms with E-state index in [4.69, 9.17) is 10.5 Å². The van der Waals surface area contributed by atoms with Crippen LogP contribution in [0.4, 0.5) is 22.0 Å². The number of fused-ring (bicyclic) bond motifs is 3. The van der Waals surface area contributed by atoms with Crippen molar-refractivity contribution in [3.8, 4) is 22.8 Å². The smallest absolute Gasteiger partial charge is 0.248 e. The quantitative estimate of drug-likeness (QED) is 0.390. The van der Waals surface area contributed by atoms with Crippen molar-refractivity contribution in [2.24, 2.45) is 0 Å². The third-order valence-corrected chi connectivity index (χ3v) is 6.93. The van der Waals surface area contributed by atoms with Gasteiger partial charge in [-0.2, -0.15) is 9.67 Å². The molecule has 0 bridgehead atoms. The molecule has 0 saturated carbocycles. The molecule has 0 unspecified atom stereocenters. The fourth-order valence-corrected chi connectivity index (χ4v) is 5.04. The van der Waals surface area contributed by atoms with Gasteiger partial charge < -0.3 is 15.8 Å². The third kappa shape index (κ3) is 4.97. The summed E-state index contributed by atoms with van der Waals surface area (Å²) in [6.45, 7) is 3.43. The molecule has 10 heteroatoms. The van der Waals surface area contributed by atoms with E-state index in [2.05, 4.69) is 48.7 Å². The second kappa shape index (κ2) is 10.1. The molecule has 1 fully saturated rings. The van der Waals surface area contributed by atoms with Crippen molar-refractivity contribution in [3.05, 3.63) is 65.5 Å². The Morgan fingerprint density at radius 2 is 1.81 bits per heavy atom. The van der Waals surface area contributed by atoms with Crippen LogP contribution in [0.3, 0.4) is 0 Å². The fraction of sp³-hybridized carbons (Fsp3) is 0.333. The summed E-state index contributed by atoms with van der Waals surface area (Å²) in [6.07, 6.45) is 5.35. The van der Waals surface area contributed by atoms with E-state index < -0.39 is 5.82 Å². The minimum Gasteiger partial charge on any atom is -0.489 e. The molecule has 37 heavy (non-hydrogen) atoms. The van der Waals surface area contributed by atoms with E-state index in [-0.39, 0.29) is 17.6 Å². The summed E-state index contributed by atoms with van der Waals surface area (Å²) < 4.78 is 21.7. The molecule has 0 radical (unpaired) electrons. The van der Waals surface area contributed by atoms with Gasteiger partial charge in [0, 0.05) is 23.9 Å². The van der Waals surface area contributed by atoms with Gasteiger partial charge in [-0.1, -0.05) is 24.3 Å². The summed E-state index contributed by atoms with van der Waals surface area (Å²) in [7, 11) is 0. The van der Waals surface area contributed by atoms with Crippen LogP contribution in [0, 0.1) is 5.82 Å². The average molecular weight is 501 g/mol. The Morgan fingerprint density at radius 1 is 0.973 bits per heavy atom. The van der Waals surface area contributed by atoms with Gasteiger partial charge in [0.25, 0.3) is 0 Å². The zero-order chi connectivity index (χ0) is 25.2. The first-order valence-corrected chi connectivity index (χ1v) is 12.7. The van der Waals surface area contributed by atoms with Crippen molar-refractivity contribution in [1.82, 2.24) is 29.9 Å². The third-order valence-electron chi connectivity index (χ3n) is 6.93. The maximum absolute atomic E-state index is 14.6. The molecule has 2 aromatic heterocycles. The number of hydrogen-bond acceptors (Lipinski definition) is 8. The highest BCUT2D eigenvalue weighted by Gasteiger charge is 2.19. The first kappa shape index (κ1) is 23.4. The molecule has 1 aliphatic carbocycles. The van der Waals surface area contributed by atoms with E-state index in [0.717, 1.165) is 55.7 Å². The standard InChI is InChI=1S/C27H29FN8O/c28-22-17-20(10-11-23(22)37-15-14-35-12-3-4-13-35)30-27-31-26(29)36(34-27)24-16-19-8-5-7-18-6-1-2-9-21(18)25(19)33-32-24/h1-2,6,9-11,16-17H,3-5,7-8,12-15H2,(H3,29,30,31,34). The molecule has 1 saturated heterocycles. The van der Waals surface area contributed by atoms with Crippen molar-refractivity contribution in [3.63, 3.8) is 0 Å². The number of ether oxygens (including phenoxy) is 1. The highest BCUT2D eigenvalue weighted by molar-refractivity contribution is 5.68. The number of hydrogen-bond donors (Lipinski definition) is 2. The Balaban J connectivity index is 1.16. The van der Waals surface area contributed by atoms with Crippen LogP contribution in [-0.4, -0.2) is 56.1 Å². The molecular formula is C27H29FN8O. The molecule has 9 nitrogen and oxygen atoms in total. The van der Waals surface area contributed by atoms with Gasteiger partial charge in [0.05, 0.1) is 5.69 Å². The zero-order valence-electron chi connectivity index (χ0n) is 20.5. The molecule has 190 valence electrons. The van der Waals surface area contributed by atoms with Crippen LogP contribution in [0.5, 0.6) is 5.75 Å². The van der Waals surface area contributed by atoms with Crippen molar-refractivity contribution >= 4 is 17.6 Å². The molecule has 2 aromatic carbocycles. The Labute approximate surface area is 214 Å². The maximum Gasteiger partial charge on any atom is 0.248 e. The maximum atomic E-state index is 14.6. The van der Waals surface area contributed by atoms with Crippen molar-refractivity contribution < 1.29 is 9.13 Å². The number of benzene rings is 2. The van der Waals surface area contributed by atoms with E-state index in [1.165, 1.54) is 29.2 Å². The topological polar surface area (TPSA) is 107 Å². The lowest BCUT2D eigenvalue weighted by Gasteiger charge is -2.15. The summed E-state index contributed by atoms with van der Waals surface area (Å²) in [6, 6.07) is 15.0. The highest BCUT2D eigenvalue weighted by Crippen LogP contribution is 2.31. The molecule has 1 aliphatic heterocycles. The Hall–Kier alpha value is -4.05. The summed E-state index contributed by atoms with van der Waals surface area (Å²) in [5.74, 6) is 0.666. The average Bonchev–Trinajstić information content (AvgIpc) is 3.50. The molecule has 4 aromatic rings. The number of rotatable bonds is 7. The number of nitrogens with one attached hydrogen (secondary N) is 1.